The zero-order valence-corrected chi connectivity index (χ0v) is 17.1. The topological polar surface area (TPSA) is 61.7 Å². The lowest BCUT2D eigenvalue weighted by Gasteiger charge is -2.37. The van der Waals surface area contributed by atoms with E-state index in [9.17, 15) is 5.11 Å². The third kappa shape index (κ3) is 4.20. The molecule has 0 aliphatic carbocycles. The highest BCUT2D eigenvalue weighted by atomic mass is 35.5. The summed E-state index contributed by atoms with van der Waals surface area (Å²) in [5.74, 6) is 1.75. The van der Waals surface area contributed by atoms with Crippen LogP contribution in [0.2, 0.25) is 10.0 Å². The summed E-state index contributed by atoms with van der Waals surface area (Å²) in [7, 11) is 0. The van der Waals surface area contributed by atoms with Gasteiger partial charge in [0.25, 0.3) is 0 Å². The fraction of sp³-hybridized carbons (Fsp3) is 0.500. The van der Waals surface area contributed by atoms with Crippen LogP contribution in [0.3, 0.4) is 0 Å². The van der Waals surface area contributed by atoms with Crippen LogP contribution in [0.1, 0.15) is 30.9 Å². The van der Waals surface area contributed by atoms with Crippen molar-refractivity contribution in [2.75, 3.05) is 42.6 Å². The zero-order valence-electron chi connectivity index (χ0n) is 15.6. The number of nitrogens with zero attached hydrogens (tertiary/aromatic N) is 4. The number of hydrogen-bond donors (Lipinski definition) is 1. The van der Waals surface area contributed by atoms with E-state index in [-0.39, 0.29) is 18.8 Å². The highest BCUT2D eigenvalue weighted by Gasteiger charge is 2.26. The number of rotatable bonds is 4. The molecule has 0 spiro atoms. The lowest BCUT2D eigenvalue weighted by molar-refractivity contribution is 0.0395. The van der Waals surface area contributed by atoms with Crippen molar-refractivity contribution in [3.63, 3.8) is 0 Å². The molecule has 1 aromatic carbocycles. The minimum absolute atomic E-state index is 0.0953. The van der Waals surface area contributed by atoms with E-state index in [4.69, 9.17) is 27.9 Å². The van der Waals surface area contributed by atoms with Crippen LogP contribution in [-0.4, -0.2) is 54.0 Å². The van der Waals surface area contributed by atoms with E-state index < -0.39 is 0 Å². The van der Waals surface area contributed by atoms with Crippen LogP contribution in [0.4, 0.5) is 11.6 Å². The van der Waals surface area contributed by atoms with Crippen LogP contribution in [0.5, 0.6) is 0 Å². The highest BCUT2D eigenvalue weighted by Crippen LogP contribution is 2.31. The van der Waals surface area contributed by atoms with E-state index in [1.165, 1.54) is 0 Å². The molecule has 2 aliphatic heterocycles. The lowest BCUT2D eigenvalue weighted by atomic mass is 10.0. The predicted octanol–water partition coefficient (Wildman–Crippen LogP) is 3.71. The molecular weight excluding hydrogens is 399 g/mol. The fourth-order valence-electron chi connectivity index (χ4n) is 3.93. The molecule has 150 valence electrons. The maximum atomic E-state index is 9.71. The van der Waals surface area contributed by atoms with E-state index in [1.54, 1.807) is 12.4 Å². The molecule has 3 heterocycles. The number of anilines is 2. The summed E-state index contributed by atoms with van der Waals surface area (Å²) < 4.78 is 5.96. The third-order valence-electron chi connectivity index (χ3n) is 5.48. The van der Waals surface area contributed by atoms with Crippen molar-refractivity contribution < 1.29 is 9.84 Å². The molecule has 0 radical (unpaired) electrons. The van der Waals surface area contributed by atoms with Crippen molar-refractivity contribution in [1.82, 2.24) is 9.97 Å². The summed E-state index contributed by atoms with van der Waals surface area (Å²) in [6.45, 7) is 3.11. The number of aliphatic hydroxyl groups excluding tert-OH is 1. The number of halogens is 2. The first-order valence-corrected chi connectivity index (χ1v) is 10.4. The number of hydrogen-bond acceptors (Lipinski definition) is 6. The van der Waals surface area contributed by atoms with E-state index in [0.29, 0.717) is 23.2 Å². The summed E-state index contributed by atoms with van der Waals surface area (Å²) in [6.07, 6.45) is 4.77. The maximum absolute atomic E-state index is 9.71. The van der Waals surface area contributed by atoms with Crippen LogP contribution in [0.15, 0.2) is 30.6 Å². The monoisotopic (exact) mass is 422 g/mol. The molecule has 2 saturated heterocycles. The minimum atomic E-state index is -0.0953. The Morgan fingerprint density at radius 1 is 1.07 bits per heavy atom. The quantitative estimate of drug-likeness (QED) is 0.809. The minimum Gasteiger partial charge on any atom is -0.394 e. The second-order valence-corrected chi connectivity index (χ2v) is 8.05. The maximum Gasteiger partial charge on any atom is 0.134 e. The van der Waals surface area contributed by atoms with Crippen molar-refractivity contribution >= 4 is 34.8 Å². The number of aliphatic hydroxyl groups is 1. The molecule has 2 aromatic rings. The van der Waals surface area contributed by atoms with Gasteiger partial charge in [-0.05, 0) is 37.0 Å². The molecule has 2 aliphatic rings. The summed E-state index contributed by atoms with van der Waals surface area (Å²) in [5, 5.41) is 10.8. The second-order valence-electron chi connectivity index (χ2n) is 7.24. The van der Waals surface area contributed by atoms with Gasteiger partial charge in [0.05, 0.1) is 29.3 Å². The second kappa shape index (κ2) is 8.82. The molecule has 8 heteroatoms. The lowest BCUT2D eigenvalue weighted by Crippen LogP contribution is -2.43. The SMILES string of the molecule is OCC1CCCCN1c1cc(N2CCOC(c3ccc(Cl)c(Cl)c3)C2)ncn1. The van der Waals surface area contributed by atoms with Gasteiger partial charge in [-0.3, -0.25) is 0 Å². The largest absolute Gasteiger partial charge is 0.394 e. The molecule has 0 bridgehead atoms. The van der Waals surface area contributed by atoms with Crippen LogP contribution >= 0.6 is 23.2 Å². The zero-order chi connectivity index (χ0) is 19.5. The molecule has 2 unspecified atom stereocenters. The molecule has 28 heavy (non-hydrogen) atoms. The predicted molar refractivity (Wildman–Crippen MR) is 111 cm³/mol. The Morgan fingerprint density at radius 2 is 1.93 bits per heavy atom. The summed E-state index contributed by atoms with van der Waals surface area (Å²) in [4.78, 5) is 13.4. The van der Waals surface area contributed by atoms with E-state index in [0.717, 1.165) is 49.6 Å². The summed E-state index contributed by atoms with van der Waals surface area (Å²) in [5.41, 5.74) is 1.00. The number of morpholine rings is 1. The molecule has 0 saturated carbocycles. The van der Waals surface area contributed by atoms with Gasteiger partial charge in [-0.2, -0.15) is 0 Å². The Labute approximate surface area is 175 Å². The molecule has 1 N–H and O–H groups in total. The Kier molecular flexibility index (Phi) is 6.21. The first-order valence-electron chi connectivity index (χ1n) is 9.67. The normalized spacial score (nSPS) is 23.1. The smallest absolute Gasteiger partial charge is 0.134 e. The molecule has 4 rings (SSSR count). The van der Waals surface area contributed by atoms with Crippen molar-refractivity contribution in [1.29, 1.82) is 0 Å². The highest BCUT2D eigenvalue weighted by molar-refractivity contribution is 6.42. The van der Waals surface area contributed by atoms with Gasteiger partial charge in [-0.15, -0.1) is 0 Å². The van der Waals surface area contributed by atoms with Crippen LogP contribution < -0.4 is 9.80 Å². The number of ether oxygens (including phenoxy) is 1. The molecule has 2 atom stereocenters. The number of benzene rings is 1. The van der Waals surface area contributed by atoms with Gasteiger partial charge < -0.3 is 19.6 Å². The Balaban J connectivity index is 1.53. The third-order valence-corrected chi connectivity index (χ3v) is 6.22. The molecule has 6 nitrogen and oxygen atoms in total. The Hall–Kier alpha value is -1.60. The summed E-state index contributed by atoms with van der Waals surface area (Å²) >= 11 is 12.2. The standard InChI is InChI=1S/C20H24Cl2N4O2/c21-16-5-4-14(9-17(16)22)18-11-25(7-8-28-18)19-10-20(24-13-23-19)26-6-2-1-3-15(26)12-27/h4-5,9-10,13,15,18,27H,1-3,6-8,11-12H2. The molecular formula is C20H24Cl2N4O2. The van der Waals surface area contributed by atoms with Crippen molar-refractivity contribution in [2.45, 2.75) is 31.4 Å². The Morgan fingerprint density at radius 3 is 2.75 bits per heavy atom. The first kappa shape index (κ1) is 19.7. The van der Waals surface area contributed by atoms with Crippen molar-refractivity contribution in [3.05, 3.63) is 46.2 Å². The van der Waals surface area contributed by atoms with Gasteiger partial charge in [0.2, 0.25) is 0 Å². The van der Waals surface area contributed by atoms with Gasteiger partial charge in [0.15, 0.2) is 0 Å². The average Bonchev–Trinajstić information content (AvgIpc) is 2.76. The van der Waals surface area contributed by atoms with Gasteiger partial charge in [0.1, 0.15) is 24.1 Å². The van der Waals surface area contributed by atoms with Gasteiger partial charge in [0, 0.05) is 25.7 Å². The van der Waals surface area contributed by atoms with Crippen LogP contribution in [0, 0.1) is 0 Å². The number of piperidine rings is 1. The number of aromatic nitrogens is 2. The van der Waals surface area contributed by atoms with Crippen LogP contribution in [0.25, 0.3) is 0 Å². The van der Waals surface area contributed by atoms with Crippen LogP contribution in [-0.2, 0) is 4.74 Å². The fourth-order valence-corrected chi connectivity index (χ4v) is 4.24. The van der Waals surface area contributed by atoms with Gasteiger partial charge in [-0.25, -0.2) is 9.97 Å². The van der Waals surface area contributed by atoms with E-state index in [1.807, 2.05) is 18.2 Å². The average molecular weight is 423 g/mol. The molecule has 1 aromatic heterocycles. The van der Waals surface area contributed by atoms with E-state index >= 15 is 0 Å². The summed E-state index contributed by atoms with van der Waals surface area (Å²) in [6, 6.07) is 7.77. The van der Waals surface area contributed by atoms with Crippen molar-refractivity contribution in [3.8, 4) is 0 Å². The van der Waals surface area contributed by atoms with Crippen molar-refractivity contribution in [2.24, 2.45) is 0 Å². The van der Waals surface area contributed by atoms with Gasteiger partial charge in [-0.1, -0.05) is 29.3 Å². The van der Waals surface area contributed by atoms with Gasteiger partial charge >= 0.3 is 0 Å². The first-order chi connectivity index (χ1) is 13.7. The molecule has 0 amide bonds. The molecule has 2 fully saturated rings. The van der Waals surface area contributed by atoms with E-state index in [2.05, 4.69) is 19.8 Å². The Bertz CT molecular complexity index is 823.